The summed E-state index contributed by atoms with van der Waals surface area (Å²) in [7, 11) is 0. The molecule has 0 aromatic heterocycles. The van der Waals surface area contributed by atoms with Crippen LogP contribution in [0.25, 0.3) is 11.1 Å². The van der Waals surface area contributed by atoms with Gasteiger partial charge >= 0.3 is 0 Å². The van der Waals surface area contributed by atoms with E-state index in [0.717, 1.165) is 6.42 Å². The second kappa shape index (κ2) is 5.83. The molecule has 1 nitrogen and oxygen atoms in total. The zero-order valence-electron chi connectivity index (χ0n) is 11.1. The van der Waals surface area contributed by atoms with Gasteiger partial charge in [-0.2, -0.15) is 0 Å². The Kier molecular flexibility index (Phi) is 4.16. The lowest BCUT2D eigenvalue weighted by Crippen LogP contribution is -1.96. The summed E-state index contributed by atoms with van der Waals surface area (Å²) < 4.78 is 0. The third kappa shape index (κ3) is 2.99. The Hall–Kier alpha value is -1.60. The van der Waals surface area contributed by atoms with E-state index in [4.69, 9.17) is 5.11 Å². The quantitative estimate of drug-likeness (QED) is 0.856. The van der Waals surface area contributed by atoms with E-state index in [-0.39, 0.29) is 6.61 Å². The van der Waals surface area contributed by atoms with Crippen molar-refractivity contribution >= 4 is 0 Å². The van der Waals surface area contributed by atoms with Crippen molar-refractivity contribution < 1.29 is 5.11 Å². The molecule has 18 heavy (non-hydrogen) atoms. The van der Waals surface area contributed by atoms with E-state index < -0.39 is 0 Å². The van der Waals surface area contributed by atoms with E-state index in [1.54, 1.807) is 0 Å². The lowest BCUT2D eigenvalue weighted by molar-refractivity contribution is 0.299. The van der Waals surface area contributed by atoms with Crippen molar-refractivity contribution in [1.82, 2.24) is 0 Å². The summed E-state index contributed by atoms with van der Waals surface area (Å²) in [5, 5.41) is 9.11. The van der Waals surface area contributed by atoms with Crippen LogP contribution in [0.2, 0.25) is 0 Å². The molecule has 0 heterocycles. The van der Waals surface area contributed by atoms with Gasteiger partial charge in [-0.05, 0) is 34.6 Å². The van der Waals surface area contributed by atoms with Crippen LogP contribution < -0.4 is 0 Å². The molecular weight excluding hydrogens is 220 g/mol. The van der Waals surface area contributed by atoms with Gasteiger partial charge in [-0.3, -0.25) is 0 Å². The monoisotopic (exact) mass is 240 g/mol. The largest absolute Gasteiger partial charge is 0.396 e. The Balaban J connectivity index is 2.46. The first-order valence-electron chi connectivity index (χ1n) is 6.51. The van der Waals surface area contributed by atoms with Gasteiger partial charge in [0, 0.05) is 6.61 Å². The van der Waals surface area contributed by atoms with Crippen molar-refractivity contribution in [3.05, 3.63) is 59.7 Å². The number of hydrogen-bond donors (Lipinski definition) is 1. The predicted molar refractivity (Wildman–Crippen MR) is 76.8 cm³/mol. The van der Waals surface area contributed by atoms with Gasteiger partial charge < -0.3 is 5.11 Å². The Morgan fingerprint density at radius 1 is 0.944 bits per heavy atom. The van der Waals surface area contributed by atoms with Crippen LogP contribution in [0, 0.1) is 0 Å². The zero-order chi connectivity index (χ0) is 13.0. The fraction of sp³-hybridized carbons (Fsp3) is 0.294. The van der Waals surface area contributed by atoms with Gasteiger partial charge in [0.25, 0.3) is 0 Å². The van der Waals surface area contributed by atoms with E-state index in [9.17, 15) is 0 Å². The molecule has 0 saturated carbocycles. The molecule has 0 atom stereocenters. The minimum absolute atomic E-state index is 0.204. The van der Waals surface area contributed by atoms with Crippen LogP contribution in [0.1, 0.15) is 30.9 Å². The standard InChI is InChI=1S/C17H20O/c1-13(2)16-10-14(8-9-18)11-17(12-16)15-6-4-3-5-7-15/h3-7,10-13,18H,8-9H2,1-2H3. The first kappa shape index (κ1) is 12.8. The lowest BCUT2D eigenvalue weighted by atomic mass is 9.94. The van der Waals surface area contributed by atoms with E-state index in [0.29, 0.717) is 5.92 Å². The maximum Gasteiger partial charge on any atom is 0.0471 e. The summed E-state index contributed by atoms with van der Waals surface area (Å²) >= 11 is 0. The Morgan fingerprint density at radius 3 is 2.28 bits per heavy atom. The molecule has 2 rings (SSSR count). The molecule has 0 aliphatic rings. The molecule has 2 aromatic rings. The third-order valence-corrected chi connectivity index (χ3v) is 3.19. The van der Waals surface area contributed by atoms with E-state index in [1.807, 2.05) is 6.07 Å². The highest BCUT2D eigenvalue weighted by molar-refractivity contribution is 5.65. The predicted octanol–water partition coefficient (Wildman–Crippen LogP) is 4.01. The maximum atomic E-state index is 9.11. The normalized spacial score (nSPS) is 10.9. The molecule has 0 amide bonds. The second-order valence-electron chi connectivity index (χ2n) is 4.96. The Labute approximate surface area is 109 Å². The lowest BCUT2D eigenvalue weighted by Gasteiger charge is -2.12. The fourth-order valence-electron chi connectivity index (χ4n) is 2.12. The van der Waals surface area contributed by atoms with Crippen LogP contribution in [0.3, 0.4) is 0 Å². The summed E-state index contributed by atoms with van der Waals surface area (Å²) in [6.45, 7) is 4.61. The average Bonchev–Trinajstić information content (AvgIpc) is 2.40. The number of aliphatic hydroxyl groups excluding tert-OH is 1. The Bertz CT molecular complexity index is 500. The number of aliphatic hydroxyl groups is 1. The average molecular weight is 240 g/mol. The van der Waals surface area contributed by atoms with Crippen molar-refractivity contribution in [2.24, 2.45) is 0 Å². The first-order chi connectivity index (χ1) is 8.70. The van der Waals surface area contributed by atoms with Gasteiger partial charge in [0.05, 0.1) is 0 Å². The molecular formula is C17H20O. The number of hydrogen-bond acceptors (Lipinski definition) is 1. The van der Waals surface area contributed by atoms with E-state index in [1.165, 1.54) is 22.3 Å². The molecule has 0 aliphatic carbocycles. The van der Waals surface area contributed by atoms with Crippen molar-refractivity contribution in [2.75, 3.05) is 6.61 Å². The zero-order valence-corrected chi connectivity index (χ0v) is 11.1. The number of benzene rings is 2. The summed E-state index contributed by atoms with van der Waals surface area (Å²) in [4.78, 5) is 0. The molecule has 0 bridgehead atoms. The van der Waals surface area contributed by atoms with Crippen LogP contribution in [0.15, 0.2) is 48.5 Å². The summed E-state index contributed by atoms with van der Waals surface area (Å²) in [5.74, 6) is 0.506. The van der Waals surface area contributed by atoms with Crippen LogP contribution in [0.4, 0.5) is 0 Å². The van der Waals surface area contributed by atoms with Crippen LogP contribution in [-0.4, -0.2) is 11.7 Å². The van der Waals surface area contributed by atoms with E-state index >= 15 is 0 Å². The van der Waals surface area contributed by atoms with Crippen LogP contribution >= 0.6 is 0 Å². The highest BCUT2D eigenvalue weighted by Crippen LogP contribution is 2.26. The topological polar surface area (TPSA) is 20.2 Å². The molecule has 1 N–H and O–H groups in total. The summed E-state index contributed by atoms with van der Waals surface area (Å²) in [5.41, 5.74) is 5.02. The molecule has 0 unspecified atom stereocenters. The third-order valence-electron chi connectivity index (χ3n) is 3.19. The molecule has 0 saturated heterocycles. The smallest absolute Gasteiger partial charge is 0.0471 e. The van der Waals surface area contributed by atoms with Gasteiger partial charge in [-0.25, -0.2) is 0 Å². The van der Waals surface area contributed by atoms with Crippen molar-refractivity contribution in [3.8, 4) is 11.1 Å². The Morgan fingerprint density at radius 2 is 1.67 bits per heavy atom. The van der Waals surface area contributed by atoms with E-state index in [2.05, 4.69) is 56.3 Å². The van der Waals surface area contributed by atoms with Gasteiger partial charge in [0.1, 0.15) is 0 Å². The molecule has 0 fully saturated rings. The molecule has 2 aromatic carbocycles. The second-order valence-corrected chi connectivity index (χ2v) is 4.96. The number of rotatable bonds is 4. The minimum atomic E-state index is 0.204. The molecule has 94 valence electrons. The molecule has 1 heteroatoms. The van der Waals surface area contributed by atoms with Gasteiger partial charge in [-0.15, -0.1) is 0 Å². The van der Waals surface area contributed by atoms with Crippen molar-refractivity contribution in [2.45, 2.75) is 26.2 Å². The first-order valence-corrected chi connectivity index (χ1v) is 6.51. The van der Waals surface area contributed by atoms with Crippen LogP contribution in [-0.2, 0) is 6.42 Å². The van der Waals surface area contributed by atoms with Crippen molar-refractivity contribution in [1.29, 1.82) is 0 Å². The van der Waals surface area contributed by atoms with Gasteiger partial charge in [0.2, 0.25) is 0 Å². The SMILES string of the molecule is CC(C)c1cc(CCO)cc(-c2ccccc2)c1. The fourth-order valence-corrected chi connectivity index (χ4v) is 2.12. The molecule has 0 aliphatic heterocycles. The maximum absolute atomic E-state index is 9.11. The van der Waals surface area contributed by atoms with Gasteiger partial charge in [0.15, 0.2) is 0 Å². The summed E-state index contributed by atoms with van der Waals surface area (Å²) in [6, 6.07) is 17.0. The van der Waals surface area contributed by atoms with Gasteiger partial charge in [-0.1, -0.05) is 62.4 Å². The highest BCUT2D eigenvalue weighted by Gasteiger charge is 2.05. The molecule has 0 spiro atoms. The summed E-state index contributed by atoms with van der Waals surface area (Å²) in [6.07, 6.45) is 0.723. The van der Waals surface area contributed by atoms with Crippen LogP contribution in [0.5, 0.6) is 0 Å². The minimum Gasteiger partial charge on any atom is -0.396 e. The van der Waals surface area contributed by atoms with Crippen molar-refractivity contribution in [3.63, 3.8) is 0 Å². The molecule has 0 radical (unpaired) electrons. The highest BCUT2D eigenvalue weighted by atomic mass is 16.2.